The summed E-state index contributed by atoms with van der Waals surface area (Å²) in [4.78, 5) is 11.4. The second-order valence-electron chi connectivity index (χ2n) is 3.33. The summed E-state index contributed by atoms with van der Waals surface area (Å²) in [6.45, 7) is 3.23. The van der Waals surface area contributed by atoms with Crippen LogP contribution < -0.4 is 10.6 Å². The molecule has 1 atom stereocenters. The summed E-state index contributed by atoms with van der Waals surface area (Å²) in [6.07, 6.45) is 1.86. The predicted octanol–water partition coefficient (Wildman–Crippen LogP) is -0.251. The smallest absolute Gasteiger partial charge is 0.224 e. The molecule has 1 amide bonds. The Morgan fingerprint density at radius 3 is 3.15 bits per heavy atom. The summed E-state index contributed by atoms with van der Waals surface area (Å²) < 4.78 is 4.89. The number of rotatable bonds is 5. The van der Waals surface area contributed by atoms with Gasteiger partial charge >= 0.3 is 0 Å². The summed E-state index contributed by atoms with van der Waals surface area (Å²) in [5.41, 5.74) is 0. The molecule has 0 spiro atoms. The van der Waals surface area contributed by atoms with Crippen molar-refractivity contribution in [3.8, 4) is 0 Å². The molecular formula is C9H18N2O2. The van der Waals surface area contributed by atoms with Crippen LogP contribution in [0.5, 0.6) is 0 Å². The van der Waals surface area contributed by atoms with E-state index in [0.717, 1.165) is 32.5 Å². The predicted molar refractivity (Wildman–Crippen MR) is 50.5 cm³/mol. The number of nitrogens with one attached hydrogen (secondary N) is 2. The van der Waals surface area contributed by atoms with Crippen LogP contribution in [0.2, 0.25) is 0 Å². The molecule has 0 saturated carbocycles. The first kappa shape index (κ1) is 10.5. The van der Waals surface area contributed by atoms with Gasteiger partial charge in [0, 0.05) is 26.8 Å². The lowest BCUT2D eigenvalue weighted by atomic mass is 10.1. The Morgan fingerprint density at radius 2 is 2.54 bits per heavy atom. The van der Waals surface area contributed by atoms with Gasteiger partial charge in [-0.05, 0) is 19.4 Å². The lowest BCUT2D eigenvalue weighted by molar-refractivity contribution is -0.124. The maximum absolute atomic E-state index is 11.4. The number of methoxy groups -OCH3 is 1. The van der Waals surface area contributed by atoms with Crippen LogP contribution >= 0.6 is 0 Å². The van der Waals surface area contributed by atoms with Crippen molar-refractivity contribution in [3.63, 3.8) is 0 Å². The van der Waals surface area contributed by atoms with Gasteiger partial charge < -0.3 is 15.4 Å². The maximum atomic E-state index is 11.4. The molecule has 0 radical (unpaired) electrons. The van der Waals surface area contributed by atoms with E-state index in [1.54, 1.807) is 7.11 Å². The Balaban J connectivity index is 2.03. The van der Waals surface area contributed by atoms with Crippen molar-refractivity contribution in [3.05, 3.63) is 0 Å². The molecule has 1 heterocycles. The van der Waals surface area contributed by atoms with Gasteiger partial charge in [-0.2, -0.15) is 0 Å². The monoisotopic (exact) mass is 186 g/mol. The number of carbonyl (C=O) groups is 1. The molecule has 4 heteroatoms. The van der Waals surface area contributed by atoms with E-state index in [1.807, 2.05) is 0 Å². The Bertz CT molecular complexity index is 156. The minimum atomic E-state index is 0.182. The van der Waals surface area contributed by atoms with E-state index >= 15 is 0 Å². The first-order chi connectivity index (χ1) is 6.34. The fourth-order valence-corrected chi connectivity index (χ4v) is 1.45. The van der Waals surface area contributed by atoms with E-state index < -0.39 is 0 Å². The van der Waals surface area contributed by atoms with Crippen molar-refractivity contribution in [1.29, 1.82) is 0 Å². The molecule has 0 aromatic rings. The molecule has 4 nitrogen and oxygen atoms in total. The van der Waals surface area contributed by atoms with Crippen LogP contribution in [0.25, 0.3) is 0 Å². The van der Waals surface area contributed by atoms with E-state index in [9.17, 15) is 4.79 Å². The number of carbonyl (C=O) groups excluding carboxylic acids is 1. The van der Waals surface area contributed by atoms with Crippen LogP contribution in [-0.2, 0) is 9.53 Å². The Kier molecular flexibility index (Phi) is 4.78. The van der Waals surface area contributed by atoms with Gasteiger partial charge in [-0.3, -0.25) is 4.79 Å². The zero-order valence-electron chi connectivity index (χ0n) is 8.14. The second kappa shape index (κ2) is 5.94. The van der Waals surface area contributed by atoms with Gasteiger partial charge in [0.15, 0.2) is 0 Å². The molecule has 1 aliphatic rings. The minimum absolute atomic E-state index is 0.182. The molecule has 1 rings (SSSR count). The van der Waals surface area contributed by atoms with Crippen LogP contribution in [0.4, 0.5) is 0 Å². The zero-order chi connectivity index (χ0) is 9.52. The van der Waals surface area contributed by atoms with E-state index in [2.05, 4.69) is 10.6 Å². The summed E-state index contributed by atoms with van der Waals surface area (Å²) in [6, 6.07) is 0. The Labute approximate surface area is 79.0 Å². The summed E-state index contributed by atoms with van der Waals surface area (Å²) in [5.74, 6) is 0.364. The van der Waals surface area contributed by atoms with Crippen LogP contribution in [0.15, 0.2) is 0 Å². The maximum Gasteiger partial charge on any atom is 0.224 e. The summed E-state index contributed by atoms with van der Waals surface area (Å²) in [7, 11) is 1.67. The highest BCUT2D eigenvalue weighted by atomic mass is 16.5. The normalized spacial score (nSPS) is 21.8. The van der Waals surface area contributed by atoms with Crippen molar-refractivity contribution in [2.75, 3.05) is 33.4 Å². The van der Waals surface area contributed by atoms with Gasteiger partial charge in [0.2, 0.25) is 5.91 Å². The molecule has 1 saturated heterocycles. The first-order valence-electron chi connectivity index (χ1n) is 4.82. The second-order valence-corrected chi connectivity index (χ2v) is 3.33. The average molecular weight is 186 g/mol. The highest BCUT2D eigenvalue weighted by Crippen LogP contribution is 2.06. The SMILES string of the molecule is COCCCNC(=O)C1CCNC1. The molecule has 0 aromatic carbocycles. The molecule has 1 fully saturated rings. The molecule has 0 aromatic heterocycles. The van der Waals surface area contributed by atoms with Gasteiger partial charge in [0.05, 0.1) is 5.92 Å². The van der Waals surface area contributed by atoms with Gasteiger partial charge in [-0.15, -0.1) is 0 Å². The Hall–Kier alpha value is -0.610. The highest BCUT2D eigenvalue weighted by Gasteiger charge is 2.21. The molecule has 76 valence electrons. The van der Waals surface area contributed by atoms with Crippen molar-refractivity contribution in [1.82, 2.24) is 10.6 Å². The van der Waals surface area contributed by atoms with Crippen LogP contribution in [0.3, 0.4) is 0 Å². The third-order valence-electron chi connectivity index (χ3n) is 2.26. The topological polar surface area (TPSA) is 50.4 Å². The summed E-state index contributed by atoms with van der Waals surface area (Å²) in [5, 5.41) is 6.07. The van der Waals surface area contributed by atoms with E-state index in [-0.39, 0.29) is 11.8 Å². The molecule has 13 heavy (non-hydrogen) atoms. The number of hydrogen-bond acceptors (Lipinski definition) is 3. The highest BCUT2D eigenvalue weighted by molar-refractivity contribution is 5.79. The number of hydrogen-bond donors (Lipinski definition) is 2. The lowest BCUT2D eigenvalue weighted by Crippen LogP contribution is -2.32. The molecule has 0 aliphatic carbocycles. The number of amides is 1. The molecule has 0 bridgehead atoms. The quantitative estimate of drug-likeness (QED) is 0.582. The largest absolute Gasteiger partial charge is 0.385 e. The third-order valence-corrected chi connectivity index (χ3v) is 2.26. The van der Waals surface area contributed by atoms with Gasteiger partial charge in [-0.25, -0.2) is 0 Å². The molecular weight excluding hydrogens is 168 g/mol. The first-order valence-corrected chi connectivity index (χ1v) is 4.82. The lowest BCUT2D eigenvalue weighted by Gasteiger charge is -2.08. The average Bonchev–Trinajstić information content (AvgIpc) is 2.65. The standard InChI is InChI=1S/C9H18N2O2/c1-13-6-2-4-11-9(12)8-3-5-10-7-8/h8,10H,2-7H2,1H3,(H,11,12). The third kappa shape index (κ3) is 3.74. The van der Waals surface area contributed by atoms with Crippen LogP contribution in [0.1, 0.15) is 12.8 Å². The van der Waals surface area contributed by atoms with E-state index in [0.29, 0.717) is 6.61 Å². The van der Waals surface area contributed by atoms with Gasteiger partial charge in [-0.1, -0.05) is 0 Å². The van der Waals surface area contributed by atoms with Crippen molar-refractivity contribution in [2.24, 2.45) is 5.92 Å². The van der Waals surface area contributed by atoms with Crippen molar-refractivity contribution >= 4 is 5.91 Å². The van der Waals surface area contributed by atoms with Gasteiger partial charge in [0.1, 0.15) is 0 Å². The van der Waals surface area contributed by atoms with Gasteiger partial charge in [0.25, 0.3) is 0 Å². The molecule has 1 unspecified atom stereocenters. The fourth-order valence-electron chi connectivity index (χ4n) is 1.45. The molecule has 1 aliphatic heterocycles. The Morgan fingerprint density at radius 1 is 1.69 bits per heavy atom. The minimum Gasteiger partial charge on any atom is -0.385 e. The van der Waals surface area contributed by atoms with Crippen LogP contribution in [-0.4, -0.2) is 39.3 Å². The van der Waals surface area contributed by atoms with Crippen molar-refractivity contribution in [2.45, 2.75) is 12.8 Å². The zero-order valence-corrected chi connectivity index (χ0v) is 8.14. The number of ether oxygens (including phenoxy) is 1. The summed E-state index contributed by atoms with van der Waals surface area (Å²) >= 11 is 0. The van der Waals surface area contributed by atoms with Crippen LogP contribution in [0, 0.1) is 5.92 Å². The fraction of sp³-hybridized carbons (Fsp3) is 0.889. The van der Waals surface area contributed by atoms with E-state index in [1.165, 1.54) is 0 Å². The van der Waals surface area contributed by atoms with Crippen molar-refractivity contribution < 1.29 is 9.53 Å². The molecule has 2 N–H and O–H groups in total. The van der Waals surface area contributed by atoms with E-state index in [4.69, 9.17) is 4.74 Å².